The Morgan fingerprint density at radius 1 is 1.12 bits per heavy atom. The van der Waals surface area contributed by atoms with Crippen LogP contribution in [-0.2, 0) is 6.54 Å². The van der Waals surface area contributed by atoms with Gasteiger partial charge in [0.25, 0.3) is 0 Å². The molecule has 0 saturated heterocycles. The molecule has 88 valence electrons. The average molecular weight is 227 g/mol. The summed E-state index contributed by atoms with van der Waals surface area (Å²) >= 11 is 0. The van der Waals surface area contributed by atoms with Crippen LogP contribution < -0.4 is 5.32 Å². The van der Waals surface area contributed by atoms with E-state index in [0.29, 0.717) is 12.6 Å². The van der Waals surface area contributed by atoms with Crippen LogP contribution in [0.4, 0.5) is 0 Å². The highest BCUT2D eigenvalue weighted by Gasteiger charge is 2.04. The van der Waals surface area contributed by atoms with E-state index >= 15 is 0 Å². The molecule has 1 atom stereocenters. The Hall–Kier alpha value is -1.74. The molecule has 0 aliphatic heterocycles. The minimum absolute atomic E-state index is 0.305. The van der Waals surface area contributed by atoms with Crippen LogP contribution >= 0.6 is 0 Å². The van der Waals surface area contributed by atoms with Crippen molar-refractivity contribution in [2.75, 3.05) is 0 Å². The van der Waals surface area contributed by atoms with E-state index in [9.17, 15) is 0 Å². The first-order chi connectivity index (χ1) is 8.25. The summed E-state index contributed by atoms with van der Waals surface area (Å²) in [6, 6.07) is 10.7. The molecule has 0 aliphatic rings. The fourth-order valence-corrected chi connectivity index (χ4v) is 1.64. The number of hydrogen-bond donors (Lipinski definition) is 1. The van der Waals surface area contributed by atoms with Crippen molar-refractivity contribution >= 4 is 0 Å². The van der Waals surface area contributed by atoms with Crippen molar-refractivity contribution < 1.29 is 0 Å². The van der Waals surface area contributed by atoms with E-state index in [1.165, 1.54) is 11.1 Å². The molecule has 1 aromatic carbocycles. The van der Waals surface area contributed by atoms with Crippen LogP contribution in [0.2, 0.25) is 0 Å². The smallest absolute Gasteiger partial charge is 0.141 e. The van der Waals surface area contributed by atoms with Crippen molar-refractivity contribution in [1.29, 1.82) is 0 Å². The highest BCUT2D eigenvalue weighted by Crippen LogP contribution is 2.13. The Morgan fingerprint density at radius 2 is 1.76 bits per heavy atom. The first kappa shape index (κ1) is 11.7. The third-order valence-corrected chi connectivity index (χ3v) is 2.76. The van der Waals surface area contributed by atoms with Crippen LogP contribution in [-0.4, -0.2) is 9.97 Å². The van der Waals surface area contributed by atoms with Crippen molar-refractivity contribution in [3.8, 4) is 0 Å². The molecule has 1 aromatic heterocycles. The van der Waals surface area contributed by atoms with Crippen molar-refractivity contribution in [2.24, 2.45) is 0 Å². The summed E-state index contributed by atoms with van der Waals surface area (Å²) in [6.07, 6.45) is 3.53. The second-order valence-corrected chi connectivity index (χ2v) is 4.18. The fraction of sp³-hybridized carbons (Fsp3) is 0.286. The molecule has 1 heterocycles. The second kappa shape index (κ2) is 5.55. The van der Waals surface area contributed by atoms with E-state index < -0.39 is 0 Å². The predicted molar refractivity (Wildman–Crippen MR) is 68.5 cm³/mol. The standard InChI is InChI=1S/C14H17N3/c1-11-4-6-13(7-5-11)12(2)17-10-14-15-8-3-9-16-14/h3-9,12,17H,10H2,1-2H3. The highest BCUT2D eigenvalue weighted by atomic mass is 15.0. The predicted octanol–water partition coefficient (Wildman–Crippen LogP) is 2.64. The molecule has 0 radical (unpaired) electrons. The highest BCUT2D eigenvalue weighted by molar-refractivity contribution is 5.23. The number of hydrogen-bond acceptors (Lipinski definition) is 3. The van der Waals surface area contributed by atoms with Gasteiger partial charge >= 0.3 is 0 Å². The molecule has 17 heavy (non-hydrogen) atoms. The third-order valence-electron chi connectivity index (χ3n) is 2.76. The van der Waals surface area contributed by atoms with E-state index in [1.807, 2.05) is 6.07 Å². The molecule has 3 heteroatoms. The molecule has 0 spiro atoms. The lowest BCUT2D eigenvalue weighted by Crippen LogP contribution is -2.19. The Balaban J connectivity index is 1.93. The zero-order valence-corrected chi connectivity index (χ0v) is 10.2. The monoisotopic (exact) mass is 227 g/mol. The van der Waals surface area contributed by atoms with Gasteiger partial charge in [-0.1, -0.05) is 29.8 Å². The molecule has 0 bridgehead atoms. The SMILES string of the molecule is Cc1ccc(C(C)NCc2ncccn2)cc1. The second-order valence-electron chi connectivity index (χ2n) is 4.18. The van der Waals surface area contributed by atoms with Gasteiger partial charge in [0, 0.05) is 18.4 Å². The largest absolute Gasteiger partial charge is 0.303 e. The summed E-state index contributed by atoms with van der Waals surface area (Å²) in [5.74, 6) is 0.825. The van der Waals surface area contributed by atoms with E-state index in [4.69, 9.17) is 0 Å². The molecule has 3 nitrogen and oxygen atoms in total. The lowest BCUT2D eigenvalue weighted by atomic mass is 10.1. The Kier molecular flexibility index (Phi) is 3.83. The summed E-state index contributed by atoms with van der Waals surface area (Å²) in [5.41, 5.74) is 2.57. The Bertz CT molecular complexity index is 451. The van der Waals surface area contributed by atoms with Gasteiger partial charge in [-0.3, -0.25) is 0 Å². The van der Waals surface area contributed by atoms with Gasteiger partial charge in [-0.05, 0) is 25.5 Å². The van der Waals surface area contributed by atoms with Crippen LogP contribution in [0.25, 0.3) is 0 Å². The molecular formula is C14H17N3. The van der Waals surface area contributed by atoms with Crippen LogP contribution in [0.1, 0.15) is 29.9 Å². The summed E-state index contributed by atoms with van der Waals surface area (Å²) in [7, 11) is 0. The molecular weight excluding hydrogens is 210 g/mol. The van der Waals surface area contributed by atoms with Gasteiger partial charge in [0.15, 0.2) is 0 Å². The van der Waals surface area contributed by atoms with Gasteiger partial charge in [0.1, 0.15) is 5.82 Å². The molecule has 1 N–H and O–H groups in total. The van der Waals surface area contributed by atoms with Gasteiger partial charge in [-0.2, -0.15) is 0 Å². The number of nitrogens with zero attached hydrogens (tertiary/aromatic N) is 2. The quantitative estimate of drug-likeness (QED) is 0.872. The maximum atomic E-state index is 4.18. The van der Waals surface area contributed by atoms with Gasteiger partial charge in [-0.15, -0.1) is 0 Å². The van der Waals surface area contributed by atoms with Crippen LogP contribution in [0.3, 0.4) is 0 Å². The molecule has 0 aliphatic carbocycles. The molecule has 0 saturated carbocycles. The maximum Gasteiger partial charge on any atom is 0.141 e. The van der Waals surface area contributed by atoms with Crippen molar-refractivity contribution in [1.82, 2.24) is 15.3 Å². The molecule has 2 aromatic rings. The Labute approximate surface area is 102 Å². The lowest BCUT2D eigenvalue weighted by Gasteiger charge is -2.13. The van der Waals surface area contributed by atoms with Crippen molar-refractivity contribution in [2.45, 2.75) is 26.4 Å². The molecule has 0 amide bonds. The van der Waals surface area contributed by atoms with Gasteiger partial charge in [0.2, 0.25) is 0 Å². The lowest BCUT2D eigenvalue weighted by molar-refractivity contribution is 0.559. The van der Waals surface area contributed by atoms with Crippen molar-refractivity contribution in [3.63, 3.8) is 0 Å². The van der Waals surface area contributed by atoms with E-state index in [0.717, 1.165) is 5.82 Å². The molecule has 2 rings (SSSR count). The van der Waals surface area contributed by atoms with Crippen molar-refractivity contribution in [3.05, 3.63) is 59.7 Å². The topological polar surface area (TPSA) is 37.8 Å². The normalized spacial score (nSPS) is 12.4. The number of rotatable bonds is 4. The van der Waals surface area contributed by atoms with E-state index in [-0.39, 0.29) is 0 Å². The summed E-state index contributed by atoms with van der Waals surface area (Å²) in [4.78, 5) is 8.37. The number of aromatic nitrogens is 2. The zero-order valence-electron chi connectivity index (χ0n) is 10.2. The average Bonchev–Trinajstić information content (AvgIpc) is 2.38. The summed E-state index contributed by atoms with van der Waals surface area (Å²) in [5, 5.41) is 3.41. The molecule has 0 fully saturated rings. The zero-order chi connectivity index (χ0) is 12.1. The van der Waals surface area contributed by atoms with Crippen LogP contribution in [0.5, 0.6) is 0 Å². The van der Waals surface area contributed by atoms with Crippen LogP contribution in [0.15, 0.2) is 42.7 Å². The minimum Gasteiger partial charge on any atom is -0.303 e. The fourth-order valence-electron chi connectivity index (χ4n) is 1.64. The third kappa shape index (κ3) is 3.36. The summed E-state index contributed by atoms with van der Waals surface area (Å²) < 4.78 is 0. The molecule has 1 unspecified atom stereocenters. The first-order valence-corrected chi connectivity index (χ1v) is 5.81. The van der Waals surface area contributed by atoms with E-state index in [1.54, 1.807) is 12.4 Å². The minimum atomic E-state index is 0.305. The summed E-state index contributed by atoms with van der Waals surface area (Å²) in [6.45, 7) is 4.93. The Morgan fingerprint density at radius 3 is 2.41 bits per heavy atom. The number of nitrogens with one attached hydrogen (secondary N) is 1. The van der Waals surface area contributed by atoms with E-state index in [2.05, 4.69) is 53.4 Å². The number of benzene rings is 1. The van der Waals surface area contributed by atoms with Crippen LogP contribution in [0, 0.1) is 6.92 Å². The first-order valence-electron chi connectivity index (χ1n) is 5.81. The van der Waals surface area contributed by atoms with Gasteiger partial charge < -0.3 is 5.32 Å². The maximum absolute atomic E-state index is 4.18. The van der Waals surface area contributed by atoms with Gasteiger partial charge in [0.05, 0.1) is 6.54 Å². The number of aryl methyl sites for hydroxylation is 1. The van der Waals surface area contributed by atoms with Gasteiger partial charge in [-0.25, -0.2) is 9.97 Å².